The topological polar surface area (TPSA) is 42.7 Å². The maximum Gasteiger partial charge on any atom is 0.147 e. The van der Waals surface area contributed by atoms with Crippen molar-refractivity contribution in [3.8, 4) is 0 Å². The smallest absolute Gasteiger partial charge is 0.147 e. The zero-order chi connectivity index (χ0) is 11.7. The number of aromatic nitrogens is 3. The Kier molecular flexibility index (Phi) is 3.14. The molecule has 0 radical (unpaired) electrons. The Morgan fingerprint density at radius 1 is 1.29 bits per heavy atom. The van der Waals surface area contributed by atoms with Crippen molar-refractivity contribution in [1.29, 1.82) is 0 Å². The lowest BCUT2D eigenvalue weighted by Gasteiger charge is -2.32. The summed E-state index contributed by atoms with van der Waals surface area (Å²) in [7, 11) is 0. The molecule has 1 fully saturated rings. The Morgan fingerprint density at radius 3 is 2.94 bits per heavy atom. The van der Waals surface area contributed by atoms with Gasteiger partial charge in [-0.2, -0.15) is 0 Å². The normalized spacial score (nSPS) is 21.9. The van der Waals surface area contributed by atoms with Crippen LogP contribution in [0.15, 0.2) is 0 Å². The Bertz CT molecular complexity index is 381. The van der Waals surface area contributed by atoms with Gasteiger partial charge >= 0.3 is 0 Å². The van der Waals surface area contributed by atoms with E-state index in [0.29, 0.717) is 6.04 Å². The van der Waals surface area contributed by atoms with Gasteiger partial charge in [0.1, 0.15) is 11.6 Å². The van der Waals surface area contributed by atoms with Gasteiger partial charge in [-0.1, -0.05) is 6.42 Å². The van der Waals surface area contributed by atoms with Crippen molar-refractivity contribution in [3.05, 3.63) is 11.6 Å². The van der Waals surface area contributed by atoms with Gasteiger partial charge in [0.15, 0.2) is 0 Å². The summed E-state index contributed by atoms with van der Waals surface area (Å²) in [5.74, 6) is 3.20. The average molecular weight is 234 g/mol. The number of hydrogen-bond acceptors (Lipinski definition) is 3. The molecule has 4 heteroatoms. The van der Waals surface area contributed by atoms with Crippen LogP contribution in [0.4, 0.5) is 0 Å². The van der Waals surface area contributed by atoms with Gasteiger partial charge in [-0.15, -0.1) is 10.2 Å². The van der Waals surface area contributed by atoms with Crippen LogP contribution in [0.5, 0.6) is 0 Å². The largest absolute Gasteiger partial charge is 0.314 e. The van der Waals surface area contributed by atoms with Gasteiger partial charge in [-0.05, 0) is 38.5 Å². The zero-order valence-electron chi connectivity index (χ0n) is 10.7. The molecule has 1 aromatic heterocycles. The molecule has 1 aromatic rings. The number of fused-ring (bicyclic) bond motifs is 1. The molecule has 1 unspecified atom stereocenters. The summed E-state index contributed by atoms with van der Waals surface area (Å²) in [6, 6.07) is 0.625. The van der Waals surface area contributed by atoms with Gasteiger partial charge in [-0.25, -0.2) is 0 Å². The second kappa shape index (κ2) is 4.77. The predicted molar refractivity (Wildman–Crippen MR) is 66.6 cm³/mol. The lowest BCUT2D eigenvalue weighted by Crippen LogP contribution is -2.37. The molecule has 1 aliphatic heterocycles. The van der Waals surface area contributed by atoms with Gasteiger partial charge in [0, 0.05) is 19.0 Å². The first-order valence-corrected chi connectivity index (χ1v) is 6.99. The van der Waals surface area contributed by atoms with Crippen LogP contribution in [0.3, 0.4) is 0 Å². The Hall–Kier alpha value is -0.900. The van der Waals surface area contributed by atoms with Crippen LogP contribution in [-0.2, 0) is 19.5 Å². The van der Waals surface area contributed by atoms with E-state index in [1.807, 2.05) is 0 Å². The molecule has 1 saturated carbocycles. The molecule has 0 saturated heterocycles. The molecule has 1 N–H and O–H groups in total. The van der Waals surface area contributed by atoms with E-state index >= 15 is 0 Å². The van der Waals surface area contributed by atoms with Crippen molar-refractivity contribution >= 4 is 0 Å². The van der Waals surface area contributed by atoms with Crippen LogP contribution in [0.2, 0.25) is 0 Å². The van der Waals surface area contributed by atoms with E-state index in [-0.39, 0.29) is 0 Å². The lowest BCUT2D eigenvalue weighted by molar-refractivity contribution is 0.238. The van der Waals surface area contributed by atoms with E-state index < -0.39 is 0 Å². The van der Waals surface area contributed by atoms with Gasteiger partial charge < -0.3 is 9.88 Å². The average Bonchev–Trinajstić information content (AvgIpc) is 2.67. The molecule has 2 aliphatic rings. The fraction of sp³-hybridized carbons (Fsp3) is 0.846. The summed E-state index contributed by atoms with van der Waals surface area (Å²) in [6.07, 6.45) is 7.85. The van der Waals surface area contributed by atoms with Crippen molar-refractivity contribution in [2.24, 2.45) is 5.92 Å². The van der Waals surface area contributed by atoms with Gasteiger partial charge in [0.05, 0.1) is 6.54 Å². The van der Waals surface area contributed by atoms with Crippen LogP contribution >= 0.6 is 0 Å². The van der Waals surface area contributed by atoms with E-state index in [4.69, 9.17) is 0 Å². The SMILES string of the molecule is CC(NCc1nnc2n1CCCC2)C1CCC1. The molecule has 1 aliphatic carbocycles. The number of nitrogens with one attached hydrogen (secondary N) is 1. The maximum atomic E-state index is 4.32. The van der Waals surface area contributed by atoms with E-state index in [9.17, 15) is 0 Å². The van der Waals surface area contributed by atoms with Gasteiger partial charge in [-0.3, -0.25) is 0 Å². The first kappa shape index (κ1) is 11.2. The molecule has 94 valence electrons. The quantitative estimate of drug-likeness (QED) is 0.865. The summed E-state index contributed by atoms with van der Waals surface area (Å²) < 4.78 is 2.31. The summed E-state index contributed by atoms with van der Waals surface area (Å²) in [5, 5.41) is 12.2. The predicted octanol–water partition coefficient (Wildman–Crippen LogP) is 1.89. The molecule has 2 heterocycles. The van der Waals surface area contributed by atoms with Crippen LogP contribution in [0.1, 0.15) is 50.7 Å². The summed E-state index contributed by atoms with van der Waals surface area (Å²) >= 11 is 0. The fourth-order valence-corrected chi connectivity index (χ4v) is 2.86. The molecule has 0 aromatic carbocycles. The highest BCUT2D eigenvalue weighted by Gasteiger charge is 2.24. The minimum Gasteiger partial charge on any atom is -0.314 e. The molecule has 0 spiro atoms. The minimum atomic E-state index is 0.625. The summed E-state index contributed by atoms with van der Waals surface area (Å²) in [6.45, 7) is 4.29. The second-order valence-electron chi connectivity index (χ2n) is 5.50. The highest BCUT2D eigenvalue weighted by atomic mass is 15.3. The van der Waals surface area contributed by atoms with E-state index in [0.717, 1.165) is 31.3 Å². The third-order valence-electron chi connectivity index (χ3n) is 4.38. The number of hydrogen-bond donors (Lipinski definition) is 1. The Balaban J connectivity index is 1.59. The van der Waals surface area contributed by atoms with Crippen LogP contribution in [0.25, 0.3) is 0 Å². The van der Waals surface area contributed by atoms with E-state index in [1.54, 1.807) is 0 Å². The Labute approximate surface area is 103 Å². The minimum absolute atomic E-state index is 0.625. The van der Waals surface area contributed by atoms with Crippen molar-refractivity contribution in [2.75, 3.05) is 0 Å². The van der Waals surface area contributed by atoms with Gasteiger partial charge in [0.25, 0.3) is 0 Å². The summed E-state index contributed by atoms with van der Waals surface area (Å²) in [5.41, 5.74) is 0. The van der Waals surface area contributed by atoms with Crippen molar-refractivity contribution in [3.63, 3.8) is 0 Å². The van der Waals surface area contributed by atoms with Gasteiger partial charge in [0.2, 0.25) is 0 Å². The highest BCUT2D eigenvalue weighted by Crippen LogP contribution is 2.29. The van der Waals surface area contributed by atoms with Crippen molar-refractivity contribution in [2.45, 2.75) is 64.6 Å². The van der Waals surface area contributed by atoms with Crippen LogP contribution in [-0.4, -0.2) is 20.8 Å². The molecular formula is C13H22N4. The molecule has 3 rings (SSSR count). The number of aryl methyl sites for hydroxylation is 1. The molecule has 0 bridgehead atoms. The standard InChI is InChI=1S/C13H22N4/c1-10(11-5-4-6-11)14-9-13-16-15-12-7-2-3-8-17(12)13/h10-11,14H,2-9H2,1H3. The monoisotopic (exact) mass is 234 g/mol. The van der Waals surface area contributed by atoms with E-state index in [2.05, 4.69) is 27.0 Å². The molecule has 4 nitrogen and oxygen atoms in total. The molecule has 0 amide bonds. The van der Waals surface area contributed by atoms with Crippen molar-refractivity contribution < 1.29 is 0 Å². The highest BCUT2D eigenvalue weighted by molar-refractivity contribution is 4.99. The Morgan fingerprint density at radius 2 is 2.18 bits per heavy atom. The third kappa shape index (κ3) is 2.23. The summed E-state index contributed by atoms with van der Waals surface area (Å²) in [4.78, 5) is 0. The first-order valence-electron chi connectivity index (χ1n) is 6.99. The number of nitrogens with zero attached hydrogens (tertiary/aromatic N) is 3. The van der Waals surface area contributed by atoms with Crippen molar-refractivity contribution in [1.82, 2.24) is 20.1 Å². The lowest BCUT2D eigenvalue weighted by atomic mass is 9.80. The first-order chi connectivity index (χ1) is 8.34. The molecular weight excluding hydrogens is 212 g/mol. The fourth-order valence-electron chi connectivity index (χ4n) is 2.86. The van der Waals surface area contributed by atoms with Crippen LogP contribution in [0, 0.1) is 5.92 Å². The zero-order valence-corrected chi connectivity index (χ0v) is 10.7. The second-order valence-corrected chi connectivity index (χ2v) is 5.50. The molecule has 17 heavy (non-hydrogen) atoms. The third-order valence-corrected chi connectivity index (χ3v) is 4.38. The number of rotatable bonds is 4. The maximum absolute atomic E-state index is 4.32. The van der Waals surface area contributed by atoms with Crippen LogP contribution < -0.4 is 5.32 Å². The van der Waals surface area contributed by atoms with E-state index in [1.165, 1.54) is 37.9 Å². The molecule has 1 atom stereocenters.